The molecule has 0 saturated heterocycles. The molecule has 194 valence electrons. The maximum absolute atomic E-state index is 12.7. The monoisotopic (exact) mass is 544 g/mol. The molecule has 0 amide bonds. The van der Waals surface area contributed by atoms with Crippen LogP contribution in [0.5, 0.6) is 0 Å². The maximum atomic E-state index is 12.7. The summed E-state index contributed by atoms with van der Waals surface area (Å²) < 4.78 is 44.1. The van der Waals surface area contributed by atoms with Gasteiger partial charge in [0.2, 0.25) is 10.0 Å². The van der Waals surface area contributed by atoms with Gasteiger partial charge in [-0.1, -0.05) is 42.3 Å². The number of sulfonamides is 1. The van der Waals surface area contributed by atoms with Crippen molar-refractivity contribution < 1.29 is 22.6 Å². The molecule has 1 heterocycles. The molecule has 1 aliphatic heterocycles. The number of ether oxygens (including phenoxy) is 3. The van der Waals surface area contributed by atoms with Crippen LogP contribution in [0, 0.1) is 0 Å². The summed E-state index contributed by atoms with van der Waals surface area (Å²) in [5, 5.41) is 1.25. The van der Waals surface area contributed by atoms with E-state index in [-0.39, 0.29) is 24.0 Å². The van der Waals surface area contributed by atoms with Crippen LogP contribution in [-0.4, -0.2) is 73.1 Å². The summed E-state index contributed by atoms with van der Waals surface area (Å²) in [7, 11) is -1.59. The molecular weight excluding hydrogens is 511 g/mol. The normalized spacial score (nSPS) is 16.4. The third-order valence-corrected chi connectivity index (χ3v) is 7.75. The molecule has 2 aromatic carbocycles. The molecular formula is C25H34Cl2N2O5S. The smallest absolute Gasteiger partial charge is 0.240 e. The number of benzene rings is 2. The number of hydrogen-bond donors (Lipinski definition) is 1. The third kappa shape index (κ3) is 8.40. The van der Waals surface area contributed by atoms with E-state index < -0.39 is 10.0 Å². The number of hydrogen-bond acceptors (Lipinski definition) is 6. The minimum atomic E-state index is -3.63. The average Bonchev–Trinajstić information content (AvgIpc) is 2.83. The molecule has 0 radical (unpaired) electrons. The van der Waals surface area contributed by atoms with Gasteiger partial charge >= 0.3 is 0 Å². The van der Waals surface area contributed by atoms with Crippen LogP contribution in [0.2, 0.25) is 10.0 Å². The minimum absolute atomic E-state index is 0.0542. The zero-order chi connectivity index (χ0) is 25.3. The second-order valence-corrected chi connectivity index (χ2v) is 11.1. The summed E-state index contributed by atoms with van der Waals surface area (Å²) in [6, 6.07) is 10.7. The van der Waals surface area contributed by atoms with Gasteiger partial charge in [-0.2, -0.15) is 0 Å². The number of fused-ring (bicyclic) bond motifs is 1. The Labute approximate surface area is 218 Å². The molecule has 1 N–H and O–H groups in total. The Morgan fingerprint density at radius 1 is 0.971 bits per heavy atom. The van der Waals surface area contributed by atoms with Crippen LogP contribution in [0.1, 0.15) is 36.0 Å². The maximum Gasteiger partial charge on any atom is 0.240 e. The second-order valence-electron chi connectivity index (χ2n) is 8.51. The van der Waals surface area contributed by atoms with E-state index in [0.29, 0.717) is 36.5 Å². The van der Waals surface area contributed by atoms with E-state index >= 15 is 0 Å². The van der Waals surface area contributed by atoms with E-state index in [9.17, 15) is 8.42 Å². The number of rotatable bonds is 14. The fourth-order valence-electron chi connectivity index (χ4n) is 4.03. The topological polar surface area (TPSA) is 77.1 Å². The van der Waals surface area contributed by atoms with E-state index in [1.165, 1.54) is 0 Å². The second kappa shape index (κ2) is 13.9. The van der Waals surface area contributed by atoms with Crippen molar-refractivity contribution in [3.63, 3.8) is 0 Å². The molecule has 0 saturated carbocycles. The Kier molecular flexibility index (Phi) is 11.3. The van der Waals surface area contributed by atoms with Gasteiger partial charge in [-0.05, 0) is 54.4 Å². The predicted octanol–water partition coefficient (Wildman–Crippen LogP) is 4.31. The van der Waals surface area contributed by atoms with Crippen molar-refractivity contribution in [1.29, 1.82) is 0 Å². The first-order valence-electron chi connectivity index (χ1n) is 11.8. The molecule has 10 heteroatoms. The molecule has 0 bridgehead atoms. The summed E-state index contributed by atoms with van der Waals surface area (Å²) in [6.07, 6.45) is 0.987. The zero-order valence-corrected chi connectivity index (χ0v) is 22.6. The predicted molar refractivity (Wildman–Crippen MR) is 139 cm³/mol. The van der Waals surface area contributed by atoms with Crippen molar-refractivity contribution in [3.8, 4) is 0 Å². The molecule has 0 unspecified atom stereocenters. The minimum Gasteiger partial charge on any atom is -0.379 e. The molecule has 1 atom stereocenters. The Morgan fingerprint density at radius 3 is 2.26 bits per heavy atom. The SMILES string of the molecule is CCCOCCOCCOCCNS(=O)(=O)c1ccc([C@@H]2CN(C)Cc3c(Cl)cc(Cl)cc32)cc1. The van der Waals surface area contributed by atoms with Crippen LogP contribution in [0.3, 0.4) is 0 Å². The number of nitrogens with zero attached hydrogens (tertiary/aromatic N) is 1. The number of halogens is 2. The standard InChI is InChI=1S/C25H34Cl2N2O5S/c1-3-9-32-11-13-34-14-12-33-10-8-28-35(30,31)21-6-4-19(5-7-21)23-17-29(2)18-24-22(23)15-20(26)16-25(24)27/h4-7,15-16,23,28H,3,8-14,17-18H2,1-2H3/t23-/m0/s1. The van der Waals surface area contributed by atoms with E-state index in [1.54, 1.807) is 18.2 Å². The van der Waals surface area contributed by atoms with Gasteiger partial charge in [0.25, 0.3) is 0 Å². The number of likely N-dealkylation sites (N-methyl/N-ethyl adjacent to an activating group) is 1. The van der Waals surface area contributed by atoms with E-state index in [1.807, 2.05) is 25.2 Å². The van der Waals surface area contributed by atoms with Crippen LogP contribution >= 0.6 is 23.2 Å². The molecule has 0 aromatic heterocycles. The molecule has 0 fully saturated rings. The van der Waals surface area contributed by atoms with Crippen molar-refractivity contribution in [1.82, 2.24) is 9.62 Å². The Hall–Kier alpha value is -1.23. The van der Waals surface area contributed by atoms with Crippen molar-refractivity contribution in [2.45, 2.75) is 30.7 Å². The van der Waals surface area contributed by atoms with E-state index in [0.717, 1.165) is 42.8 Å². The van der Waals surface area contributed by atoms with Gasteiger partial charge in [0.1, 0.15) is 0 Å². The van der Waals surface area contributed by atoms with Crippen molar-refractivity contribution in [2.24, 2.45) is 0 Å². The largest absolute Gasteiger partial charge is 0.379 e. The molecule has 7 nitrogen and oxygen atoms in total. The van der Waals surface area contributed by atoms with Gasteiger partial charge in [0.05, 0.1) is 37.9 Å². The van der Waals surface area contributed by atoms with Gasteiger partial charge in [-0.25, -0.2) is 13.1 Å². The molecule has 2 aromatic rings. The lowest BCUT2D eigenvalue weighted by atomic mass is 9.85. The van der Waals surface area contributed by atoms with Crippen molar-refractivity contribution in [2.75, 3.05) is 59.8 Å². The summed E-state index contributed by atoms with van der Waals surface area (Å²) in [4.78, 5) is 2.41. The fourth-order valence-corrected chi connectivity index (χ4v) is 5.61. The summed E-state index contributed by atoms with van der Waals surface area (Å²) >= 11 is 12.7. The highest BCUT2D eigenvalue weighted by molar-refractivity contribution is 7.89. The van der Waals surface area contributed by atoms with Crippen LogP contribution in [0.15, 0.2) is 41.3 Å². The van der Waals surface area contributed by atoms with Crippen LogP contribution in [0.4, 0.5) is 0 Å². The molecule has 3 rings (SSSR count). The quantitative estimate of drug-likeness (QED) is 0.357. The van der Waals surface area contributed by atoms with Crippen molar-refractivity contribution >= 4 is 33.2 Å². The van der Waals surface area contributed by atoms with Crippen LogP contribution in [0.25, 0.3) is 0 Å². The van der Waals surface area contributed by atoms with Gasteiger partial charge in [0.15, 0.2) is 0 Å². The first-order valence-corrected chi connectivity index (χ1v) is 14.0. The average molecular weight is 546 g/mol. The Bertz CT molecular complexity index is 1050. The highest BCUT2D eigenvalue weighted by Crippen LogP contribution is 2.38. The lowest BCUT2D eigenvalue weighted by Gasteiger charge is -2.33. The third-order valence-electron chi connectivity index (χ3n) is 5.72. The van der Waals surface area contributed by atoms with Gasteiger partial charge in [-0.3, -0.25) is 0 Å². The highest BCUT2D eigenvalue weighted by atomic mass is 35.5. The van der Waals surface area contributed by atoms with Crippen LogP contribution in [-0.2, 0) is 30.8 Å². The highest BCUT2D eigenvalue weighted by Gasteiger charge is 2.27. The molecule has 0 aliphatic carbocycles. The van der Waals surface area contributed by atoms with Gasteiger partial charge in [-0.15, -0.1) is 0 Å². The summed E-state index contributed by atoms with van der Waals surface area (Å²) in [5.41, 5.74) is 3.16. The fraction of sp³-hybridized carbons (Fsp3) is 0.520. The first kappa shape index (κ1) is 28.3. The van der Waals surface area contributed by atoms with Gasteiger partial charge < -0.3 is 19.1 Å². The van der Waals surface area contributed by atoms with Crippen molar-refractivity contribution in [3.05, 3.63) is 63.1 Å². The van der Waals surface area contributed by atoms with E-state index in [2.05, 4.69) is 16.5 Å². The lowest BCUT2D eigenvalue weighted by Crippen LogP contribution is -2.31. The van der Waals surface area contributed by atoms with E-state index in [4.69, 9.17) is 37.4 Å². The molecule has 35 heavy (non-hydrogen) atoms. The lowest BCUT2D eigenvalue weighted by molar-refractivity contribution is 0.0158. The van der Waals surface area contributed by atoms with Gasteiger partial charge in [0, 0.05) is 42.2 Å². The zero-order valence-electron chi connectivity index (χ0n) is 20.3. The first-order chi connectivity index (χ1) is 16.8. The summed E-state index contributed by atoms with van der Waals surface area (Å²) in [5.74, 6) is 0.0542. The van der Waals surface area contributed by atoms with Crippen LogP contribution < -0.4 is 4.72 Å². The molecule has 1 aliphatic rings. The summed E-state index contributed by atoms with van der Waals surface area (Å²) in [6.45, 7) is 6.71. The number of nitrogens with one attached hydrogen (secondary N) is 1. The molecule has 0 spiro atoms. The Morgan fingerprint density at radius 2 is 1.60 bits per heavy atom. The Balaban J connectivity index is 1.49.